The van der Waals surface area contributed by atoms with E-state index in [9.17, 15) is 4.79 Å². The summed E-state index contributed by atoms with van der Waals surface area (Å²) in [6.07, 6.45) is 9.93. The minimum Gasteiger partial charge on any atom is -0.346 e. The van der Waals surface area contributed by atoms with E-state index in [4.69, 9.17) is 0 Å². The van der Waals surface area contributed by atoms with Gasteiger partial charge in [0.25, 0.3) is 0 Å². The fourth-order valence-corrected chi connectivity index (χ4v) is 5.39. The maximum atomic E-state index is 12.7. The van der Waals surface area contributed by atoms with Gasteiger partial charge in [0.1, 0.15) is 5.65 Å². The molecule has 132 valence electrons. The minimum atomic E-state index is 0.248. The Bertz CT molecular complexity index is 777. The standard InChI is InChI=1S/C20H26N4O/c25-19(12-16-13-22-20-17(16)2-1-5-21-20)24-8-6-23(7-9-24)18-11-14-3-4-15(18)10-14/h1-2,5,13-15,18H,3-4,6-12H2,(H,21,22)/t14-,15-,18-/m0/s1. The molecule has 2 aromatic heterocycles. The molecular formula is C20H26N4O. The Morgan fingerprint density at radius 3 is 2.84 bits per heavy atom. The van der Waals surface area contributed by atoms with Crippen LogP contribution in [-0.2, 0) is 11.2 Å². The highest BCUT2D eigenvalue weighted by Gasteiger charge is 2.42. The number of hydrogen-bond acceptors (Lipinski definition) is 3. The molecule has 3 heterocycles. The Balaban J connectivity index is 1.20. The topological polar surface area (TPSA) is 52.2 Å². The molecule has 2 aliphatic carbocycles. The van der Waals surface area contributed by atoms with Crippen molar-refractivity contribution in [1.29, 1.82) is 0 Å². The third-order valence-electron chi connectivity index (χ3n) is 6.72. The number of nitrogens with one attached hydrogen (secondary N) is 1. The number of carbonyl (C=O) groups excluding carboxylic acids is 1. The number of H-pyrrole nitrogens is 1. The number of aromatic nitrogens is 2. The first-order valence-corrected chi connectivity index (χ1v) is 9.71. The Hall–Kier alpha value is -1.88. The maximum Gasteiger partial charge on any atom is 0.227 e. The van der Waals surface area contributed by atoms with Crippen molar-refractivity contribution in [3.63, 3.8) is 0 Å². The average Bonchev–Trinajstić information content (AvgIpc) is 3.38. The Labute approximate surface area is 148 Å². The molecule has 5 rings (SSSR count). The molecule has 0 aromatic carbocycles. The Morgan fingerprint density at radius 2 is 2.08 bits per heavy atom. The van der Waals surface area contributed by atoms with Crippen molar-refractivity contribution in [3.05, 3.63) is 30.1 Å². The van der Waals surface area contributed by atoms with Gasteiger partial charge in [-0.05, 0) is 48.8 Å². The number of amides is 1. The van der Waals surface area contributed by atoms with Crippen LogP contribution < -0.4 is 0 Å². The number of fused-ring (bicyclic) bond motifs is 3. The molecule has 0 spiro atoms. The van der Waals surface area contributed by atoms with E-state index >= 15 is 0 Å². The van der Waals surface area contributed by atoms with Gasteiger partial charge < -0.3 is 9.88 Å². The summed E-state index contributed by atoms with van der Waals surface area (Å²) < 4.78 is 0. The number of rotatable bonds is 3. The normalized spacial score (nSPS) is 29.6. The van der Waals surface area contributed by atoms with Gasteiger partial charge in [0.15, 0.2) is 0 Å². The largest absolute Gasteiger partial charge is 0.346 e. The van der Waals surface area contributed by atoms with E-state index in [1.54, 1.807) is 6.20 Å². The summed E-state index contributed by atoms with van der Waals surface area (Å²) in [7, 11) is 0. The molecule has 1 aliphatic heterocycles. The van der Waals surface area contributed by atoms with Crippen molar-refractivity contribution in [3.8, 4) is 0 Å². The van der Waals surface area contributed by atoms with Gasteiger partial charge in [0, 0.05) is 50.0 Å². The number of hydrogen-bond donors (Lipinski definition) is 1. The predicted molar refractivity (Wildman–Crippen MR) is 97.2 cm³/mol. The van der Waals surface area contributed by atoms with Crippen LogP contribution in [0.4, 0.5) is 0 Å². The molecule has 5 nitrogen and oxygen atoms in total. The van der Waals surface area contributed by atoms with Crippen LogP contribution in [0.2, 0.25) is 0 Å². The summed E-state index contributed by atoms with van der Waals surface area (Å²) in [5.74, 6) is 2.17. The van der Waals surface area contributed by atoms with Gasteiger partial charge in [-0.2, -0.15) is 0 Å². The summed E-state index contributed by atoms with van der Waals surface area (Å²) in [5, 5.41) is 1.07. The zero-order chi connectivity index (χ0) is 16.8. The predicted octanol–water partition coefficient (Wildman–Crippen LogP) is 2.44. The van der Waals surface area contributed by atoms with Crippen LogP contribution in [0.15, 0.2) is 24.5 Å². The number of piperazine rings is 1. The minimum absolute atomic E-state index is 0.248. The number of nitrogens with zero attached hydrogens (tertiary/aromatic N) is 3. The summed E-state index contributed by atoms with van der Waals surface area (Å²) in [6, 6.07) is 4.77. The zero-order valence-corrected chi connectivity index (χ0v) is 14.7. The second-order valence-corrected chi connectivity index (χ2v) is 8.05. The van der Waals surface area contributed by atoms with Gasteiger partial charge in [-0.25, -0.2) is 4.98 Å². The molecule has 3 aliphatic rings. The first-order valence-electron chi connectivity index (χ1n) is 9.71. The highest BCUT2D eigenvalue weighted by atomic mass is 16.2. The van der Waals surface area contributed by atoms with Crippen LogP contribution in [-0.4, -0.2) is 57.9 Å². The molecule has 0 unspecified atom stereocenters. The van der Waals surface area contributed by atoms with Crippen LogP contribution >= 0.6 is 0 Å². The molecule has 3 fully saturated rings. The van der Waals surface area contributed by atoms with Crippen molar-refractivity contribution in [2.24, 2.45) is 11.8 Å². The van der Waals surface area contributed by atoms with Crippen molar-refractivity contribution >= 4 is 16.9 Å². The Kier molecular flexibility index (Phi) is 3.77. The lowest BCUT2D eigenvalue weighted by Crippen LogP contribution is -2.53. The van der Waals surface area contributed by atoms with Gasteiger partial charge in [0.2, 0.25) is 5.91 Å². The van der Waals surface area contributed by atoms with Gasteiger partial charge >= 0.3 is 0 Å². The van der Waals surface area contributed by atoms with Crippen molar-refractivity contribution in [2.45, 2.75) is 38.1 Å². The van der Waals surface area contributed by atoms with E-state index in [2.05, 4.69) is 19.8 Å². The monoisotopic (exact) mass is 338 g/mol. The molecule has 2 aromatic rings. The molecule has 2 saturated carbocycles. The summed E-state index contributed by atoms with van der Waals surface area (Å²) >= 11 is 0. The summed E-state index contributed by atoms with van der Waals surface area (Å²) in [4.78, 5) is 24.9. The van der Waals surface area contributed by atoms with Crippen molar-refractivity contribution in [1.82, 2.24) is 19.8 Å². The smallest absolute Gasteiger partial charge is 0.227 e. The first kappa shape index (κ1) is 15.4. The molecule has 0 radical (unpaired) electrons. The van der Waals surface area contributed by atoms with E-state index in [-0.39, 0.29) is 5.91 Å². The molecule has 5 heteroatoms. The van der Waals surface area contributed by atoms with Gasteiger partial charge in [-0.1, -0.05) is 6.42 Å². The molecule has 1 saturated heterocycles. The molecule has 25 heavy (non-hydrogen) atoms. The number of pyridine rings is 1. The zero-order valence-electron chi connectivity index (χ0n) is 14.7. The van der Waals surface area contributed by atoms with Gasteiger partial charge in [-0.3, -0.25) is 9.69 Å². The molecule has 1 N–H and O–H groups in total. The van der Waals surface area contributed by atoms with E-state index in [0.717, 1.165) is 60.7 Å². The second-order valence-electron chi connectivity index (χ2n) is 8.05. The molecule has 1 amide bonds. The van der Waals surface area contributed by atoms with Gasteiger partial charge in [0.05, 0.1) is 6.42 Å². The van der Waals surface area contributed by atoms with E-state index in [1.807, 2.05) is 18.3 Å². The highest BCUT2D eigenvalue weighted by Crippen LogP contribution is 2.46. The van der Waals surface area contributed by atoms with Gasteiger partial charge in [-0.15, -0.1) is 0 Å². The molecular weight excluding hydrogens is 312 g/mol. The summed E-state index contributed by atoms with van der Waals surface area (Å²) in [5.41, 5.74) is 1.93. The van der Waals surface area contributed by atoms with Crippen LogP contribution in [0.5, 0.6) is 0 Å². The lowest BCUT2D eigenvalue weighted by atomic mass is 9.93. The maximum absolute atomic E-state index is 12.7. The van der Waals surface area contributed by atoms with Crippen LogP contribution in [0.25, 0.3) is 11.0 Å². The third kappa shape index (κ3) is 2.74. The lowest BCUT2D eigenvalue weighted by molar-refractivity contribution is -0.132. The fourth-order valence-electron chi connectivity index (χ4n) is 5.39. The molecule has 2 bridgehead atoms. The fraction of sp³-hybridized carbons (Fsp3) is 0.600. The second kappa shape index (κ2) is 6.13. The van der Waals surface area contributed by atoms with Crippen LogP contribution in [0, 0.1) is 11.8 Å². The average molecular weight is 338 g/mol. The van der Waals surface area contributed by atoms with Crippen LogP contribution in [0.3, 0.4) is 0 Å². The first-order chi connectivity index (χ1) is 12.3. The van der Waals surface area contributed by atoms with E-state index in [0.29, 0.717) is 6.42 Å². The van der Waals surface area contributed by atoms with E-state index < -0.39 is 0 Å². The van der Waals surface area contributed by atoms with Crippen LogP contribution in [0.1, 0.15) is 31.2 Å². The van der Waals surface area contributed by atoms with Crippen molar-refractivity contribution < 1.29 is 4.79 Å². The third-order valence-corrected chi connectivity index (χ3v) is 6.72. The SMILES string of the molecule is O=C(Cc1c[nH]c2ncccc12)N1CCN([C@H]2C[C@H]3CC[C@H]2C3)CC1. The highest BCUT2D eigenvalue weighted by molar-refractivity contribution is 5.87. The van der Waals surface area contributed by atoms with Crippen molar-refractivity contribution in [2.75, 3.05) is 26.2 Å². The lowest BCUT2D eigenvalue weighted by Gasteiger charge is -2.41. The number of carbonyl (C=O) groups is 1. The summed E-state index contributed by atoms with van der Waals surface area (Å²) in [6.45, 7) is 3.87. The molecule has 3 atom stereocenters. The van der Waals surface area contributed by atoms with E-state index in [1.165, 1.54) is 25.7 Å². The Morgan fingerprint density at radius 1 is 1.20 bits per heavy atom. The number of aromatic amines is 1. The quantitative estimate of drug-likeness (QED) is 0.935.